The molecule has 1 amide bonds. The van der Waals surface area contributed by atoms with E-state index in [9.17, 15) is 4.79 Å². The van der Waals surface area contributed by atoms with E-state index in [-0.39, 0.29) is 5.91 Å². The second kappa shape index (κ2) is 6.09. The van der Waals surface area contributed by atoms with Crippen LogP contribution in [0.2, 0.25) is 5.02 Å². The van der Waals surface area contributed by atoms with Gasteiger partial charge in [0.05, 0.1) is 5.52 Å². The van der Waals surface area contributed by atoms with Crippen LogP contribution in [0, 0.1) is 0 Å². The lowest BCUT2D eigenvalue weighted by Gasteiger charge is -2.31. The number of hydrogen-bond acceptors (Lipinski definition) is 4. The zero-order valence-electron chi connectivity index (χ0n) is 14.3. The number of carbonyl (C=O) groups is 1. The highest BCUT2D eigenvalue weighted by Gasteiger charge is 2.30. The fraction of sp³-hybridized carbons (Fsp3) is 0.444. The van der Waals surface area contributed by atoms with Crippen molar-refractivity contribution in [2.45, 2.75) is 38.1 Å². The van der Waals surface area contributed by atoms with Crippen molar-refractivity contribution in [1.29, 1.82) is 0 Å². The topological polar surface area (TPSA) is 68.3 Å². The summed E-state index contributed by atoms with van der Waals surface area (Å²) in [6.07, 6.45) is 5.80. The molecule has 1 fully saturated rings. The standard InChI is InChI=1S/C18H19ClN6O/c19-13-5-9-25-14(10-13)11-15(22-25)18(26)23-7-3-12(4-8-23)17-21-20-16-2-1-6-24(16)17/h5,9-12H,1-4,6-8H2. The highest BCUT2D eigenvalue weighted by Crippen LogP contribution is 2.30. The van der Waals surface area contributed by atoms with Crippen LogP contribution in [0.25, 0.3) is 5.52 Å². The predicted molar refractivity (Wildman–Crippen MR) is 96.4 cm³/mol. The van der Waals surface area contributed by atoms with Crippen LogP contribution in [0.4, 0.5) is 0 Å². The summed E-state index contributed by atoms with van der Waals surface area (Å²) in [6, 6.07) is 5.37. The molecule has 2 aliphatic rings. The number of halogens is 1. The van der Waals surface area contributed by atoms with Crippen LogP contribution in [0.15, 0.2) is 24.4 Å². The number of hydrogen-bond donors (Lipinski definition) is 0. The highest BCUT2D eigenvalue weighted by molar-refractivity contribution is 6.30. The van der Waals surface area contributed by atoms with Crippen LogP contribution >= 0.6 is 11.6 Å². The van der Waals surface area contributed by atoms with Crippen molar-refractivity contribution in [3.63, 3.8) is 0 Å². The van der Waals surface area contributed by atoms with Gasteiger partial charge >= 0.3 is 0 Å². The number of rotatable bonds is 2. The van der Waals surface area contributed by atoms with Gasteiger partial charge in [0, 0.05) is 43.2 Å². The lowest BCUT2D eigenvalue weighted by atomic mass is 9.95. The molecular formula is C18H19ClN6O. The minimum absolute atomic E-state index is 0.0188. The van der Waals surface area contributed by atoms with Crippen molar-refractivity contribution < 1.29 is 4.79 Å². The summed E-state index contributed by atoms with van der Waals surface area (Å²) in [5, 5.41) is 13.7. The monoisotopic (exact) mass is 370 g/mol. The van der Waals surface area contributed by atoms with E-state index in [2.05, 4.69) is 19.9 Å². The second-order valence-electron chi connectivity index (χ2n) is 7.04. The minimum Gasteiger partial charge on any atom is -0.337 e. The molecule has 8 heteroatoms. The molecular weight excluding hydrogens is 352 g/mol. The molecule has 0 unspecified atom stereocenters. The van der Waals surface area contributed by atoms with Crippen LogP contribution in [0.3, 0.4) is 0 Å². The van der Waals surface area contributed by atoms with Crippen molar-refractivity contribution in [3.05, 3.63) is 46.8 Å². The Morgan fingerprint density at radius 3 is 2.85 bits per heavy atom. The van der Waals surface area contributed by atoms with Crippen LogP contribution in [0.1, 0.15) is 47.3 Å². The smallest absolute Gasteiger partial charge is 0.274 e. The fourth-order valence-electron chi connectivity index (χ4n) is 4.05. The summed E-state index contributed by atoms with van der Waals surface area (Å²) in [5.41, 5.74) is 1.30. The maximum absolute atomic E-state index is 12.8. The van der Waals surface area contributed by atoms with Crippen molar-refractivity contribution in [2.24, 2.45) is 0 Å². The third-order valence-electron chi connectivity index (χ3n) is 5.43. The first kappa shape index (κ1) is 15.8. The number of piperidine rings is 1. The average Bonchev–Trinajstić information content (AvgIpc) is 3.36. The van der Waals surface area contributed by atoms with E-state index in [0.29, 0.717) is 16.6 Å². The molecule has 1 saturated heterocycles. The molecule has 0 saturated carbocycles. The molecule has 7 nitrogen and oxygen atoms in total. The summed E-state index contributed by atoms with van der Waals surface area (Å²) in [7, 11) is 0. The Labute approximate surface area is 155 Å². The number of likely N-dealkylation sites (tertiary alicyclic amines) is 1. The zero-order valence-corrected chi connectivity index (χ0v) is 15.1. The molecule has 3 aromatic heterocycles. The van der Waals surface area contributed by atoms with E-state index in [4.69, 9.17) is 11.6 Å². The van der Waals surface area contributed by atoms with Gasteiger partial charge in [0.2, 0.25) is 0 Å². The average molecular weight is 371 g/mol. The molecule has 0 aromatic carbocycles. The number of nitrogens with zero attached hydrogens (tertiary/aromatic N) is 6. The van der Waals surface area contributed by atoms with Crippen LogP contribution in [0.5, 0.6) is 0 Å². The highest BCUT2D eigenvalue weighted by atomic mass is 35.5. The van der Waals surface area contributed by atoms with Crippen LogP contribution < -0.4 is 0 Å². The van der Waals surface area contributed by atoms with E-state index in [0.717, 1.165) is 62.5 Å². The fourth-order valence-corrected chi connectivity index (χ4v) is 4.22. The van der Waals surface area contributed by atoms with Gasteiger partial charge in [0.1, 0.15) is 11.6 Å². The van der Waals surface area contributed by atoms with Gasteiger partial charge in [-0.05, 0) is 37.5 Å². The number of amides is 1. The predicted octanol–water partition coefficient (Wildman–Crippen LogP) is 2.55. The molecule has 0 spiro atoms. The molecule has 0 N–H and O–H groups in total. The Kier molecular flexibility index (Phi) is 3.70. The Morgan fingerprint density at radius 2 is 2.00 bits per heavy atom. The summed E-state index contributed by atoms with van der Waals surface area (Å²) < 4.78 is 3.96. The lowest BCUT2D eigenvalue weighted by Crippen LogP contribution is -2.38. The minimum atomic E-state index is -0.0188. The normalized spacial score (nSPS) is 17.8. The van der Waals surface area contributed by atoms with Gasteiger partial charge in [0.15, 0.2) is 5.69 Å². The van der Waals surface area contributed by atoms with Gasteiger partial charge in [0.25, 0.3) is 5.91 Å². The van der Waals surface area contributed by atoms with Crippen molar-refractivity contribution in [3.8, 4) is 0 Å². The molecule has 2 aliphatic heterocycles. The molecule has 26 heavy (non-hydrogen) atoms. The Balaban J connectivity index is 1.30. The first-order valence-electron chi connectivity index (χ1n) is 9.05. The van der Waals surface area contributed by atoms with Gasteiger partial charge in [-0.3, -0.25) is 4.79 Å². The van der Waals surface area contributed by atoms with E-state index in [1.807, 2.05) is 11.0 Å². The first-order valence-corrected chi connectivity index (χ1v) is 9.43. The third-order valence-corrected chi connectivity index (χ3v) is 5.66. The van der Waals surface area contributed by atoms with Crippen molar-refractivity contribution in [2.75, 3.05) is 13.1 Å². The maximum atomic E-state index is 12.8. The molecule has 0 bridgehead atoms. The van der Waals surface area contributed by atoms with Crippen LogP contribution in [-0.2, 0) is 13.0 Å². The number of aryl methyl sites for hydroxylation is 1. The summed E-state index contributed by atoms with van der Waals surface area (Å²) in [5.74, 6) is 2.59. The summed E-state index contributed by atoms with van der Waals surface area (Å²) in [4.78, 5) is 14.7. The van der Waals surface area contributed by atoms with E-state index in [1.165, 1.54) is 0 Å². The third kappa shape index (κ3) is 2.58. The van der Waals surface area contributed by atoms with Gasteiger partial charge in [-0.1, -0.05) is 11.6 Å². The zero-order chi connectivity index (χ0) is 17.7. The summed E-state index contributed by atoms with van der Waals surface area (Å²) >= 11 is 6.01. The largest absolute Gasteiger partial charge is 0.337 e. The molecule has 0 aliphatic carbocycles. The lowest BCUT2D eigenvalue weighted by molar-refractivity contribution is 0.0704. The van der Waals surface area contributed by atoms with Gasteiger partial charge in [-0.2, -0.15) is 5.10 Å². The SMILES string of the molecule is O=C(c1cc2cc(Cl)ccn2n1)N1CCC(c2nnc3n2CCC3)CC1. The first-order chi connectivity index (χ1) is 12.7. The van der Waals surface area contributed by atoms with E-state index >= 15 is 0 Å². The summed E-state index contributed by atoms with van der Waals surface area (Å²) in [6.45, 7) is 2.47. The molecule has 0 atom stereocenters. The second-order valence-corrected chi connectivity index (χ2v) is 7.48. The van der Waals surface area contributed by atoms with Gasteiger partial charge < -0.3 is 9.47 Å². The molecule has 5 heterocycles. The van der Waals surface area contributed by atoms with Gasteiger partial charge in [-0.25, -0.2) is 4.52 Å². The van der Waals surface area contributed by atoms with Gasteiger partial charge in [-0.15, -0.1) is 10.2 Å². The molecule has 134 valence electrons. The van der Waals surface area contributed by atoms with Crippen LogP contribution in [-0.4, -0.2) is 48.3 Å². The Morgan fingerprint density at radius 1 is 1.15 bits per heavy atom. The molecule has 5 rings (SSSR count). The van der Waals surface area contributed by atoms with E-state index in [1.54, 1.807) is 22.8 Å². The number of aromatic nitrogens is 5. The number of fused-ring (bicyclic) bond motifs is 2. The van der Waals surface area contributed by atoms with Crippen molar-refractivity contribution >= 4 is 23.0 Å². The molecule has 3 aromatic rings. The Hall–Kier alpha value is -2.41. The number of carbonyl (C=O) groups excluding carboxylic acids is 1. The molecule has 0 radical (unpaired) electrons. The van der Waals surface area contributed by atoms with E-state index < -0.39 is 0 Å². The maximum Gasteiger partial charge on any atom is 0.274 e. The van der Waals surface area contributed by atoms with Crippen molar-refractivity contribution in [1.82, 2.24) is 29.3 Å². The Bertz CT molecular complexity index is 985. The quantitative estimate of drug-likeness (QED) is 0.695. The number of pyridine rings is 1.